The van der Waals surface area contributed by atoms with E-state index in [0.29, 0.717) is 16.6 Å². The van der Waals surface area contributed by atoms with E-state index in [0.717, 1.165) is 0 Å². The Kier molecular flexibility index (Phi) is 10.7. The van der Waals surface area contributed by atoms with E-state index in [-0.39, 0.29) is 37.0 Å². The number of ether oxygens (including phenoxy) is 2. The molecule has 12 nitrogen and oxygen atoms in total. The van der Waals surface area contributed by atoms with Crippen molar-refractivity contribution in [3.63, 3.8) is 0 Å². The van der Waals surface area contributed by atoms with Crippen LogP contribution < -0.4 is 11.1 Å². The summed E-state index contributed by atoms with van der Waals surface area (Å²) in [7, 11) is -2.12. The van der Waals surface area contributed by atoms with Crippen molar-refractivity contribution in [2.45, 2.75) is 91.7 Å². The number of primary amides is 1. The van der Waals surface area contributed by atoms with Crippen LogP contribution in [0.1, 0.15) is 65.9 Å². The quantitative estimate of drug-likeness (QED) is 0.290. The highest BCUT2D eigenvalue weighted by Crippen LogP contribution is 2.36. The molecule has 0 aliphatic heterocycles. The molecule has 1 aromatic heterocycles. The SMILES string of the molecule is CCOC(=O)CN(C(=O)Cn1nc(C(N)=O)c2cc(NC(=O)OC(C)(C)C)ccc21)[C@H](C)CO[Si](C)(C)C(C)(C)C. The highest BCUT2D eigenvalue weighted by Gasteiger charge is 2.38. The van der Waals surface area contributed by atoms with Crippen LogP contribution in [0.3, 0.4) is 0 Å². The first-order chi connectivity index (χ1) is 18.8. The summed E-state index contributed by atoms with van der Waals surface area (Å²) in [6.45, 7) is 19.2. The lowest BCUT2D eigenvalue weighted by Crippen LogP contribution is -2.49. The van der Waals surface area contributed by atoms with Crippen molar-refractivity contribution in [3.8, 4) is 0 Å². The number of esters is 1. The third-order valence-corrected chi connectivity index (χ3v) is 11.4. The summed E-state index contributed by atoms with van der Waals surface area (Å²) >= 11 is 0. The van der Waals surface area contributed by atoms with Crippen molar-refractivity contribution in [2.75, 3.05) is 25.1 Å². The molecule has 0 saturated carbocycles. The number of benzene rings is 1. The van der Waals surface area contributed by atoms with Gasteiger partial charge in [-0.05, 0) is 71.0 Å². The van der Waals surface area contributed by atoms with Gasteiger partial charge in [-0.3, -0.25) is 24.4 Å². The average Bonchev–Trinajstić information content (AvgIpc) is 3.17. The van der Waals surface area contributed by atoms with Crippen molar-refractivity contribution in [3.05, 3.63) is 23.9 Å². The predicted octanol–water partition coefficient (Wildman–Crippen LogP) is 4.28. The number of nitrogens with two attached hydrogens (primary N) is 1. The summed E-state index contributed by atoms with van der Waals surface area (Å²) in [6, 6.07) is 4.32. The molecule has 0 aliphatic carbocycles. The van der Waals surface area contributed by atoms with Crippen LogP contribution in [0.25, 0.3) is 10.9 Å². The molecular formula is C28H45N5O7Si. The van der Waals surface area contributed by atoms with E-state index in [1.54, 1.807) is 45.9 Å². The van der Waals surface area contributed by atoms with Gasteiger partial charge in [0, 0.05) is 11.1 Å². The molecule has 13 heteroatoms. The van der Waals surface area contributed by atoms with E-state index >= 15 is 0 Å². The number of fused-ring (bicyclic) bond motifs is 1. The van der Waals surface area contributed by atoms with Crippen molar-refractivity contribution in [1.29, 1.82) is 0 Å². The number of aromatic nitrogens is 2. The first-order valence-corrected chi connectivity index (χ1v) is 16.6. The van der Waals surface area contributed by atoms with Gasteiger partial charge in [0.15, 0.2) is 14.0 Å². The Morgan fingerprint density at radius 2 is 1.76 bits per heavy atom. The van der Waals surface area contributed by atoms with E-state index < -0.39 is 43.8 Å². The summed E-state index contributed by atoms with van der Waals surface area (Å²) in [5.74, 6) is -1.75. The Morgan fingerprint density at radius 1 is 1.12 bits per heavy atom. The minimum atomic E-state index is -2.12. The van der Waals surface area contributed by atoms with E-state index in [9.17, 15) is 19.2 Å². The molecule has 0 unspecified atom stereocenters. The van der Waals surface area contributed by atoms with Crippen molar-refractivity contribution in [1.82, 2.24) is 14.7 Å². The summed E-state index contributed by atoms with van der Waals surface area (Å²) in [5, 5.41) is 7.24. The normalized spacial score (nSPS) is 13.0. The molecule has 1 heterocycles. The third-order valence-electron chi connectivity index (χ3n) is 6.86. The standard InChI is InChI=1S/C28H45N5O7Si/c1-11-38-23(35)16-32(18(2)17-39-41(9,10)28(6,7)8)22(34)15-33-21-13-12-19(30-26(37)40-27(3,4)5)14-20(21)24(31-33)25(29)36/h12-14,18H,11,15-17H2,1-10H3,(H2,29,36)(H,30,37)/t18-/m1/s1. The molecule has 0 bridgehead atoms. The zero-order valence-corrected chi connectivity index (χ0v) is 26.9. The average molecular weight is 592 g/mol. The van der Waals surface area contributed by atoms with Gasteiger partial charge < -0.3 is 24.5 Å². The highest BCUT2D eigenvalue weighted by atomic mass is 28.4. The van der Waals surface area contributed by atoms with Gasteiger partial charge in [-0.1, -0.05) is 20.8 Å². The summed E-state index contributed by atoms with van der Waals surface area (Å²) in [6.07, 6.45) is -0.663. The molecule has 228 valence electrons. The molecule has 2 aromatic rings. The smallest absolute Gasteiger partial charge is 0.412 e. The maximum absolute atomic E-state index is 13.6. The molecule has 0 aliphatic rings. The maximum Gasteiger partial charge on any atom is 0.412 e. The second-order valence-electron chi connectivity index (χ2n) is 12.5. The minimum Gasteiger partial charge on any atom is -0.465 e. The van der Waals surface area contributed by atoms with Crippen LogP contribution >= 0.6 is 0 Å². The molecule has 41 heavy (non-hydrogen) atoms. The lowest BCUT2D eigenvalue weighted by molar-refractivity contribution is -0.151. The summed E-state index contributed by atoms with van der Waals surface area (Å²) in [4.78, 5) is 51.9. The molecule has 1 aromatic carbocycles. The van der Waals surface area contributed by atoms with Crippen LogP contribution in [0.2, 0.25) is 18.1 Å². The molecule has 0 spiro atoms. The molecule has 1 atom stereocenters. The fourth-order valence-corrected chi connectivity index (χ4v) is 4.76. The molecule has 0 saturated heterocycles. The largest absolute Gasteiger partial charge is 0.465 e. The number of rotatable bonds is 11. The zero-order chi connectivity index (χ0) is 31.3. The van der Waals surface area contributed by atoms with Gasteiger partial charge >= 0.3 is 12.1 Å². The molecule has 2 rings (SSSR count). The Bertz CT molecular complexity index is 1280. The van der Waals surface area contributed by atoms with Crippen LogP contribution in [0.4, 0.5) is 10.5 Å². The van der Waals surface area contributed by atoms with Crippen LogP contribution in [0.15, 0.2) is 18.2 Å². The first kappa shape index (κ1) is 33.8. The van der Waals surface area contributed by atoms with Gasteiger partial charge in [-0.2, -0.15) is 5.10 Å². The zero-order valence-electron chi connectivity index (χ0n) is 25.9. The number of amides is 3. The van der Waals surface area contributed by atoms with Gasteiger partial charge in [0.2, 0.25) is 5.91 Å². The summed E-state index contributed by atoms with van der Waals surface area (Å²) < 4.78 is 18.1. The fourth-order valence-electron chi connectivity index (χ4n) is 3.67. The number of nitrogens with zero attached hydrogens (tertiary/aromatic N) is 3. The molecule has 3 amide bonds. The van der Waals surface area contributed by atoms with Gasteiger partial charge in [0.05, 0.1) is 24.8 Å². The number of carbonyl (C=O) groups excluding carboxylic acids is 4. The lowest BCUT2D eigenvalue weighted by atomic mass is 10.1. The summed E-state index contributed by atoms with van der Waals surface area (Å²) in [5.41, 5.74) is 5.64. The topological polar surface area (TPSA) is 155 Å². The first-order valence-electron chi connectivity index (χ1n) is 13.6. The Labute approximate surface area is 243 Å². The minimum absolute atomic E-state index is 0.0287. The number of hydrogen-bond donors (Lipinski definition) is 2. The van der Waals surface area contributed by atoms with Crippen LogP contribution in [-0.4, -0.2) is 78.3 Å². The van der Waals surface area contributed by atoms with Crippen molar-refractivity contribution < 1.29 is 33.1 Å². The lowest BCUT2D eigenvalue weighted by Gasteiger charge is -2.38. The molecule has 0 fully saturated rings. The highest BCUT2D eigenvalue weighted by molar-refractivity contribution is 6.74. The Morgan fingerprint density at radius 3 is 2.29 bits per heavy atom. The van der Waals surface area contributed by atoms with E-state index in [1.807, 2.05) is 6.92 Å². The second-order valence-corrected chi connectivity index (χ2v) is 17.3. The number of anilines is 1. The second kappa shape index (κ2) is 13.0. The monoisotopic (exact) mass is 591 g/mol. The molecule has 3 N–H and O–H groups in total. The Balaban J connectivity index is 2.36. The fraction of sp³-hybridized carbons (Fsp3) is 0.607. The molecular weight excluding hydrogens is 546 g/mol. The van der Waals surface area contributed by atoms with Gasteiger partial charge in [0.1, 0.15) is 18.7 Å². The number of carbonyl (C=O) groups is 4. The van der Waals surface area contributed by atoms with Crippen LogP contribution in [0.5, 0.6) is 0 Å². The van der Waals surface area contributed by atoms with Gasteiger partial charge in [0.25, 0.3) is 5.91 Å². The van der Waals surface area contributed by atoms with Crippen LogP contribution in [-0.2, 0) is 30.0 Å². The predicted molar refractivity (Wildman–Crippen MR) is 159 cm³/mol. The van der Waals surface area contributed by atoms with Crippen LogP contribution in [0, 0.1) is 0 Å². The Hall–Kier alpha value is -3.45. The van der Waals surface area contributed by atoms with E-state index in [4.69, 9.17) is 19.6 Å². The van der Waals surface area contributed by atoms with Crippen molar-refractivity contribution in [2.24, 2.45) is 5.73 Å². The van der Waals surface area contributed by atoms with Gasteiger partial charge in [-0.15, -0.1) is 0 Å². The maximum atomic E-state index is 13.6. The van der Waals surface area contributed by atoms with E-state index in [2.05, 4.69) is 44.3 Å². The van der Waals surface area contributed by atoms with Gasteiger partial charge in [-0.25, -0.2) is 4.79 Å². The molecule has 0 radical (unpaired) electrons. The number of hydrogen-bond acceptors (Lipinski definition) is 8. The van der Waals surface area contributed by atoms with Crippen molar-refractivity contribution >= 4 is 48.8 Å². The number of nitrogens with one attached hydrogen (secondary N) is 1. The van der Waals surface area contributed by atoms with E-state index in [1.165, 1.54) is 9.58 Å². The third kappa shape index (κ3) is 9.28.